The number of carbonyl (C=O) groups excluding carboxylic acids is 1. The highest BCUT2D eigenvalue weighted by Gasteiger charge is 2.29. The molecule has 7 heteroatoms. The molecule has 3 aromatic rings. The molecule has 3 heterocycles. The van der Waals surface area contributed by atoms with Gasteiger partial charge in [0.1, 0.15) is 12.0 Å². The molecule has 0 amide bonds. The van der Waals surface area contributed by atoms with Crippen molar-refractivity contribution in [3.63, 3.8) is 0 Å². The van der Waals surface area contributed by atoms with Crippen molar-refractivity contribution in [2.24, 2.45) is 0 Å². The van der Waals surface area contributed by atoms with Crippen molar-refractivity contribution >= 4 is 22.9 Å². The second kappa shape index (κ2) is 8.61. The molecule has 2 aromatic heterocycles. The maximum absolute atomic E-state index is 12.1. The van der Waals surface area contributed by atoms with Crippen molar-refractivity contribution in [2.75, 3.05) is 51.3 Å². The summed E-state index contributed by atoms with van der Waals surface area (Å²) in [4.78, 5) is 20.5. The summed E-state index contributed by atoms with van der Waals surface area (Å²) >= 11 is 0. The summed E-state index contributed by atoms with van der Waals surface area (Å²) in [6.45, 7) is 11.6. The molecule has 176 valence electrons. The minimum Gasteiger partial charge on any atom is -0.379 e. The molecule has 0 bridgehead atoms. The van der Waals surface area contributed by atoms with E-state index in [0.717, 1.165) is 98.8 Å². The number of aldehydes is 1. The quantitative estimate of drug-likeness (QED) is 0.563. The Balaban J connectivity index is 1.58. The van der Waals surface area contributed by atoms with Crippen molar-refractivity contribution in [2.45, 2.75) is 45.4 Å². The van der Waals surface area contributed by atoms with E-state index >= 15 is 0 Å². The first-order valence-electron chi connectivity index (χ1n) is 12.1. The molecule has 0 saturated carbocycles. The van der Waals surface area contributed by atoms with Crippen molar-refractivity contribution in [1.29, 1.82) is 0 Å². The van der Waals surface area contributed by atoms with Gasteiger partial charge >= 0.3 is 0 Å². The van der Waals surface area contributed by atoms with Gasteiger partial charge in [0.15, 0.2) is 0 Å². The number of aryl methyl sites for hydroxylation is 2. The average molecular weight is 450 g/mol. The number of aromatic amines is 2. The van der Waals surface area contributed by atoms with Gasteiger partial charge in [0.05, 0.1) is 18.9 Å². The Hall–Kier alpha value is -2.64. The van der Waals surface area contributed by atoms with Gasteiger partial charge in [0.2, 0.25) is 0 Å². The highest BCUT2D eigenvalue weighted by Crippen LogP contribution is 2.41. The van der Waals surface area contributed by atoms with Gasteiger partial charge in [-0.3, -0.25) is 10.00 Å². The molecule has 0 unspecified atom stereocenters. The number of fused-ring (bicyclic) bond motifs is 5. The number of rotatable bonds is 6. The van der Waals surface area contributed by atoms with Crippen LogP contribution in [0.15, 0.2) is 12.1 Å². The lowest BCUT2D eigenvalue weighted by atomic mass is 9.84. The zero-order valence-electron chi connectivity index (χ0n) is 20.3. The predicted molar refractivity (Wildman–Crippen MR) is 132 cm³/mol. The Morgan fingerprint density at radius 2 is 1.97 bits per heavy atom. The lowest BCUT2D eigenvalue weighted by Gasteiger charge is -2.32. The first-order chi connectivity index (χ1) is 15.9. The number of morpholine rings is 1. The second-order valence-corrected chi connectivity index (χ2v) is 10.1. The molecule has 0 atom stereocenters. The van der Waals surface area contributed by atoms with Crippen molar-refractivity contribution < 1.29 is 9.53 Å². The van der Waals surface area contributed by atoms with Gasteiger partial charge in [-0.1, -0.05) is 0 Å². The fourth-order valence-corrected chi connectivity index (χ4v) is 5.29. The van der Waals surface area contributed by atoms with Crippen LogP contribution in [-0.2, 0) is 27.8 Å². The van der Waals surface area contributed by atoms with Crippen LogP contribution >= 0.6 is 0 Å². The zero-order valence-corrected chi connectivity index (χ0v) is 20.3. The molecule has 1 aromatic carbocycles. The number of likely N-dealkylation sites (N-methyl/N-ethyl adjacent to an activating group) is 1. The minimum absolute atomic E-state index is 0.576. The highest BCUT2D eigenvalue weighted by molar-refractivity contribution is 5.95. The molecule has 1 aliphatic heterocycles. The fourth-order valence-electron chi connectivity index (χ4n) is 5.29. The summed E-state index contributed by atoms with van der Waals surface area (Å²) in [6.07, 6.45) is 4.25. The molecule has 2 aliphatic rings. The molecular weight excluding hydrogens is 414 g/mol. The summed E-state index contributed by atoms with van der Waals surface area (Å²) < 4.78 is 5.49. The van der Waals surface area contributed by atoms with Crippen LogP contribution in [0.4, 0.5) is 5.69 Å². The van der Waals surface area contributed by atoms with Gasteiger partial charge in [-0.15, -0.1) is 0 Å². The number of nitrogens with zero attached hydrogens (tertiary/aromatic N) is 3. The number of hydrogen-bond donors (Lipinski definition) is 2. The maximum atomic E-state index is 12.1. The molecule has 7 nitrogen and oxygen atoms in total. The topological polar surface area (TPSA) is 77.2 Å². The molecule has 1 aliphatic carbocycles. The van der Waals surface area contributed by atoms with Gasteiger partial charge in [0.25, 0.3) is 0 Å². The van der Waals surface area contributed by atoms with Crippen LogP contribution in [0.3, 0.4) is 0 Å². The van der Waals surface area contributed by atoms with Crippen LogP contribution in [0.1, 0.15) is 42.7 Å². The normalized spacial score (nSPS) is 17.0. The van der Waals surface area contributed by atoms with E-state index < -0.39 is 5.41 Å². The predicted octanol–water partition coefficient (Wildman–Crippen LogP) is 3.60. The van der Waals surface area contributed by atoms with E-state index in [0.29, 0.717) is 0 Å². The summed E-state index contributed by atoms with van der Waals surface area (Å²) in [5.41, 5.74) is 8.70. The van der Waals surface area contributed by atoms with Crippen LogP contribution in [0.25, 0.3) is 22.3 Å². The van der Waals surface area contributed by atoms with Gasteiger partial charge in [0, 0.05) is 66.5 Å². The first-order valence-corrected chi connectivity index (χ1v) is 12.1. The molecule has 5 rings (SSSR count). The second-order valence-electron chi connectivity index (χ2n) is 10.1. The van der Waals surface area contributed by atoms with E-state index in [9.17, 15) is 4.79 Å². The zero-order chi connectivity index (χ0) is 23.2. The monoisotopic (exact) mass is 449 g/mol. The number of benzene rings is 1. The maximum Gasteiger partial charge on any atom is 0.130 e. The van der Waals surface area contributed by atoms with Crippen LogP contribution in [-0.4, -0.2) is 72.8 Å². The van der Waals surface area contributed by atoms with E-state index in [-0.39, 0.29) is 0 Å². The third-order valence-corrected chi connectivity index (χ3v) is 7.44. The average Bonchev–Trinajstić information content (AvgIpc) is 3.31. The van der Waals surface area contributed by atoms with Crippen molar-refractivity contribution in [1.82, 2.24) is 20.1 Å². The smallest absolute Gasteiger partial charge is 0.130 e. The molecular formula is C26H35N5O2. The molecule has 2 N–H and O–H groups in total. The van der Waals surface area contributed by atoms with Gasteiger partial charge in [-0.2, -0.15) is 5.10 Å². The number of H-pyrrole nitrogens is 2. The van der Waals surface area contributed by atoms with E-state index in [1.807, 2.05) is 13.8 Å². The SMILES string of the molecule is Cc1[nH]nc2c1CCCc1c-2[nH]c2cc(C(C)(C)C=O)c(N(C)CCN3CCOCC3)cc12. The molecule has 1 saturated heterocycles. The minimum atomic E-state index is -0.576. The van der Waals surface area contributed by atoms with Crippen molar-refractivity contribution in [3.05, 3.63) is 34.5 Å². The first kappa shape index (κ1) is 22.2. The third-order valence-electron chi connectivity index (χ3n) is 7.44. The van der Waals surface area contributed by atoms with Gasteiger partial charge < -0.3 is 19.4 Å². The number of anilines is 1. The number of aromatic nitrogens is 3. The third kappa shape index (κ3) is 3.97. The van der Waals surface area contributed by atoms with E-state index in [1.165, 1.54) is 16.5 Å². The van der Waals surface area contributed by atoms with Crippen LogP contribution in [0.2, 0.25) is 0 Å². The summed E-state index contributed by atoms with van der Waals surface area (Å²) in [7, 11) is 2.15. The number of hydrogen-bond acceptors (Lipinski definition) is 5. The largest absolute Gasteiger partial charge is 0.379 e. The van der Waals surface area contributed by atoms with Gasteiger partial charge in [-0.05, 0) is 63.3 Å². The van der Waals surface area contributed by atoms with E-state index in [2.05, 4.69) is 51.1 Å². The van der Waals surface area contributed by atoms with Crippen molar-refractivity contribution in [3.8, 4) is 11.4 Å². The van der Waals surface area contributed by atoms with E-state index in [4.69, 9.17) is 4.74 Å². The summed E-state index contributed by atoms with van der Waals surface area (Å²) in [6, 6.07) is 4.49. The number of carbonyl (C=O) groups is 1. The summed E-state index contributed by atoms with van der Waals surface area (Å²) in [5.74, 6) is 0. The molecule has 0 spiro atoms. The Morgan fingerprint density at radius 1 is 1.21 bits per heavy atom. The fraction of sp³-hybridized carbons (Fsp3) is 0.538. The Bertz CT molecular complexity index is 1170. The standard InChI is InChI=1S/C26H35N5O2/c1-17-18-6-5-7-19-20-14-23(30(4)8-9-31-10-12-33-13-11-31)21(26(2,3)16-32)15-22(20)27-24(19)25(18)29-28-17/h14-16,27H,5-13H2,1-4H3,(H,28,29). The van der Waals surface area contributed by atoms with Crippen LogP contribution < -0.4 is 4.90 Å². The number of ether oxygens (including phenoxy) is 1. The number of nitrogens with one attached hydrogen (secondary N) is 2. The Kier molecular flexibility index (Phi) is 5.79. The van der Waals surface area contributed by atoms with Gasteiger partial charge in [-0.25, -0.2) is 0 Å². The lowest BCUT2D eigenvalue weighted by molar-refractivity contribution is -0.111. The Morgan fingerprint density at radius 3 is 2.73 bits per heavy atom. The van der Waals surface area contributed by atoms with E-state index in [1.54, 1.807) is 0 Å². The lowest BCUT2D eigenvalue weighted by Crippen LogP contribution is -2.41. The molecule has 33 heavy (non-hydrogen) atoms. The van der Waals surface area contributed by atoms with Crippen LogP contribution in [0.5, 0.6) is 0 Å². The Labute approximate surface area is 195 Å². The van der Waals surface area contributed by atoms with Crippen LogP contribution in [0, 0.1) is 6.92 Å². The molecule has 1 fully saturated rings. The molecule has 0 radical (unpaired) electrons. The highest BCUT2D eigenvalue weighted by atomic mass is 16.5. The summed E-state index contributed by atoms with van der Waals surface area (Å²) in [5, 5.41) is 9.06.